The number of nitrogens with zero attached hydrogens (tertiary/aromatic N) is 2. The normalized spacial score (nSPS) is 19.2. The Balaban J connectivity index is 1.97. The molecule has 2 N–H and O–H groups in total. The lowest BCUT2D eigenvalue weighted by Crippen LogP contribution is -2.44. The van der Waals surface area contributed by atoms with E-state index in [0.29, 0.717) is 5.82 Å². The number of fused-ring (bicyclic) bond motifs is 1. The summed E-state index contributed by atoms with van der Waals surface area (Å²) < 4.78 is 0. The van der Waals surface area contributed by atoms with Gasteiger partial charge >= 0.3 is 0 Å². The van der Waals surface area contributed by atoms with E-state index < -0.39 is 0 Å². The molecule has 98 valence electrons. The van der Waals surface area contributed by atoms with E-state index in [1.165, 1.54) is 0 Å². The molecule has 19 heavy (non-hydrogen) atoms. The van der Waals surface area contributed by atoms with Gasteiger partial charge in [0, 0.05) is 17.3 Å². The van der Waals surface area contributed by atoms with Crippen LogP contribution in [0.2, 0.25) is 0 Å². The standard InChI is InChI=1S/C14H16N4O/c1-9-10-5-2-3-6-11(10)13(18-17-9)16-12-7-4-8-15-14(12)19/h2-3,5-6,12H,4,7-8H2,1H3,(H,15,19)(H,16,18). The Morgan fingerprint density at radius 2 is 2.05 bits per heavy atom. The van der Waals surface area contributed by atoms with E-state index in [-0.39, 0.29) is 11.9 Å². The predicted octanol–water partition coefficient (Wildman–Crippen LogP) is 1.63. The molecule has 2 heterocycles. The predicted molar refractivity (Wildman–Crippen MR) is 73.9 cm³/mol. The number of amides is 1. The molecule has 5 nitrogen and oxygen atoms in total. The third-order valence-corrected chi connectivity index (χ3v) is 3.47. The molecule has 1 aromatic heterocycles. The zero-order valence-corrected chi connectivity index (χ0v) is 10.8. The number of anilines is 1. The summed E-state index contributed by atoms with van der Waals surface area (Å²) in [4.78, 5) is 11.8. The summed E-state index contributed by atoms with van der Waals surface area (Å²) in [6.45, 7) is 2.70. The van der Waals surface area contributed by atoms with Crippen LogP contribution in [-0.4, -0.2) is 28.7 Å². The lowest BCUT2D eigenvalue weighted by molar-refractivity contribution is -0.123. The van der Waals surface area contributed by atoms with E-state index >= 15 is 0 Å². The van der Waals surface area contributed by atoms with Gasteiger partial charge in [-0.2, -0.15) is 5.10 Å². The first kappa shape index (κ1) is 11.9. The van der Waals surface area contributed by atoms with E-state index in [1.54, 1.807) is 0 Å². The Kier molecular flexibility index (Phi) is 3.03. The highest BCUT2D eigenvalue weighted by Crippen LogP contribution is 2.23. The van der Waals surface area contributed by atoms with Gasteiger partial charge in [0.05, 0.1) is 5.69 Å². The lowest BCUT2D eigenvalue weighted by atomic mass is 10.1. The van der Waals surface area contributed by atoms with Gasteiger partial charge in [0.25, 0.3) is 0 Å². The van der Waals surface area contributed by atoms with Crippen LogP contribution in [0.5, 0.6) is 0 Å². The van der Waals surface area contributed by atoms with Crippen LogP contribution in [0.3, 0.4) is 0 Å². The van der Waals surface area contributed by atoms with Gasteiger partial charge in [0.2, 0.25) is 5.91 Å². The first-order valence-corrected chi connectivity index (χ1v) is 6.52. The number of hydrogen-bond donors (Lipinski definition) is 2. The minimum Gasteiger partial charge on any atom is -0.356 e. The third-order valence-electron chi connectivity index (χ3n) is 3.47. The average Bonchev–Trinajstić information content (AvgIpc) is 2.44. The summed E-state index contributed by atoms with van der Waals surface area (Å²) in [5.74, 6) is 0.723. The van der Waals surface area contributed by atoms with Crippen LogP contribution in [-0.2, 0) is 4.79 Å². The Morgan fingerprint density at radius 3 is 2.84 bits per heavy atom. The SMILES string of the molecule is Cc1nnc(NC2CCCNC2=O)c2ccccc12. The van der Waals surface area contributed by atoms with E-state index in [0.717, 1.165) is 35.9 Å². The van der Waals surface area contributed by atoms with Gasteiger partial charge < -0.3 is 10.6 Å². The van der Waals surface area contributed by atoms with Crippen molar-refractivity contribution in [1.29, 1.82) is 0 Å². The summed E-state index contributed by atoms with van der Waals surface area (Å²) in [6.07, 6.45) is 1.82. The number of aromatic nitrogens is 2. The summed E-state index contributed by atoms with van der Waals surface area (Å²) >= 11 is 0. The monoisotopic (exact) mass is 256 g/mol. The Morgan fingerprint density at radius 1 is 1.26 bits per heavy atom. The molecule has 1 amide bonds. The van der Waals surface area contributed by atoms with Gasteiger partial charge in [0.15, 0.2) is 5.82 Å². The molecule has 2 aromatic rings. The van der Waals surface area contributed by atoms with Crippen LogP contribution in [0.25, 0.3) is 10.8 Å². The summed E-state index contributed by atoms with van der Waals surface area (Å²) in [6, 6.07) is 7.75. The van der Waals surface area contributed by atoms with E-state index in [2.05, 4.69) is 20.8 Å². The highest BCUT2D eigenvalue weighted by Gasteiger charge is 2.22. The maximum absolute atomic E-state index is 11.8. The van der Waals surface area contributed by atoms with Crippen LogP contribution >= 0.6 is 0 Å². The fourth-order valence-corrected chi connectivity index (χ4v) is 2.42. The molecule has 1 aliphatic rings. The number of nitrogens with one attached hydrogen (secondary N) is 2. The molecule has 0 radical (unpaired) electrons. The van der Waals surface area contributed by atoms with Crippen molar-refractivity contribution in [3.63, 3.8) is 0 Å². The topological polar surface area (TPSA) is 66.9 Å². The number of carbonyl (C=O) groups excluding carboxylic acids is 1. The Hall–Kier alpha value is -2.17. The molecule has 1 saturated heterocycles. The van der Waals surface area contributed by atoms with Crippen molar-refractivity contribution in [2.75, 3.05) is 11.9 Å². The number of carbonyl (C=O) groups is 1. The smallest absolute Gasteiger partial charge is 0.242 e. The van der Waals surface area contributed by atoms with Gasteiger partial charge in [-0.1, -0.05) is 24.3 Å². The van der Waals surface area contributed by atoms with Crippen LogP contribution in [0.1, 0.15) is 18.5 Å². The minimum absolute atomic E-state index is 0.0395. The van der Waals surface area contributed by atoms with Crippen LogP contribution in [0.4, 0.5) is 5.82 Å². The molecule has 5 heteroatoms. The number of aryl methyl sites for hydroxylation is 1. The van der Waals surface area contributed by atoms with E-state index in [1.807, 2.05) is 31.2 Å². The molecule has 1 atom stereocenters. The first-order valence-electron chi connectivity index (χ1n) is 6.52. The zero-order valence-electron chi connectivity index (χ0n) is 10.8. The fourth-order valence-electron chi connectivity index (χ4n) is 2.42. The average molecular weight is 256 g/mol. The van der Waals surface area contributed by atoms with Crippen molar-refractivity contribution in [2.45, 2.75) is 25.8 Å². The number of rotatable bonds is 2. The van der Waals surface area contributed by atoms with Crippen molar-refractivity contribution in [3.05, 3.63) is 30.0 Å². The van der Waals surface area contributed by atoms with E-state index in [4.69, 9.17) is 0 Å². The van der Waals surface area contributed by atoms with Crippen molar-refractivity contribution in [3.8, 4) is 0 Å². The maximum Gasteiger partial charge on any atom is 0.242 e. The van der Waals surface area contributed by atoms with Gasteiger partial charge in [-0.25, -0.2) is 0 Å². The van der Waals surface area contributed by atoms with E-state index in [9.17, 15) is 4.79 Å². The second-order valence-corrected chi connectivity index (χ2v) is 4.81. The van der Waals surface area contributed by atoms with Gasteiger partial charge in [-0.15, -0.1) is 5.10 Å². The molecule has 1 fully saturated rings. The molecule has 0 bridgehead atoms. The molecule has 0 saturated carbocycles. The van der Waals surface area contributed by atoms with Crippen molar-refractivity contribution >= 4 is 22.5 Å². The zero-order chi connectivity index (χ0) is 13.2. The number of hydrogen-bond acceptors (Lipinski definition) is 4. The summed E-state index contributed by atoms with van der Waals surface area (Å²) in [5.41, 5.74) is 0.897. The second-order valence-electron chi connectivity index (χ2n) is 4.81. The fraction of sp³-hybridized carbons (Fsp3) is 0.357. The molecule has 0 spiro atoms. The number of benzene rings is 1. The second kappa shape index (κ2) is 4.84. The van der Waals surface area contributed by atoms with Crippen LogP contribution in [0, 0.1) is 6.92 Å². The summed E-state index contributed by atoms with van der Waals surface area (Å²) in [7, 11) is 0. The van der Waals surface area contributed by atoms with Crippen molar-refractivity contribution < 1.29 is 4.79 Å². The Bertz CT molecular complexity index is 626. The molecule has 1 aromatic carbocycles. The molecule has 3 rings (SSSR count). The molecular formula is C14H16N4O. The first-order chi connectivity index (χ1) is 9.25. The largest absolute Gasteiger partial charge is 0.356 e. The van der Waals surface area contributed by atoms with Crippen molar-refractivity contribution in [1.82, 2.24) is 15.5 Å². The van der Waals surface area contributed by atoms with Gasteiger partial charge in [0.1, 0.15) is 6.04 Å². The quantitative estimate of drug-likeness (QED) is 0.857. The van der Waals surface area contributed by atoms with Crippen molar-refractivity contribution in [2.24, 2.45) is 0 Å². The third kappa shape index (κ3) is 2.23. The molecule has 1 unspecified atom stereocenters. The highest BCUT2D eigenvalue weighted by atomic mass is 16.2. The molecular weight excluding hydrogens is 240 g/mol. The Labute approximate surface area is 111 Å². The van der Waals surface area contributed by atoms with Crippen LogP contribution < -0.4 is 10.6 Å². The number of piperidine rings is 1. The highest BCUT2D eigenvalue weighted by molar-refractivity contribution is 5.95. The lowest BCUT2D eigenvalue weighted by Gasteiger charge is -2.23. The summed E-state index contributed by atoms with van der Waals surface area (Å²) in [5, 5.41) is 16.5. The van der Waals surface area contributed by atoms with Gasteiger partial charge in [-0.05, 0) is 19.8 Å². The minimum atomic E-state index is -0.214. The molecule has 1 aliphatic heterocycles. The maximum atomic E-state index is 11.8. The molecule has 0 aliphatic carbocycles. The van der Waals surface area contributed by atoms with Gasteiger partial charge in [-0.3, -0.25) is 4.79 Å². The van der Waals surface area contributed by atoms with Crippen LogP contribution in [0.15, 0.2) is 24.3 Å².